The first kappa shape index (κ1) is 12.0. The van der Waals surface area contributed by atoms with Crippen molar-refractivity contribution in [2.45, 2.75) is 38.6 Å². The molecule has 1 aliphatic rings. The second-order valence-corrected chi connectivity index (χ2v) is 4.38. The summed E-state index contributed by atoms with van der Waals surface area (Å²) in [5, 5.41) is 3.50. The topological polar surface area (TPSA) is 47.3 Å². The van der Waals surface area contributed by atoms with Gasteiger partial charge in [-0.2, -0.15) is 0 Å². The zero-order chi connectivity index (χ0) is 10.2. The number of nitrogens with two attached hydrogens (primary N) is 1. The lowest BCUT2D eigenvalue weighted by Crippen LogP contribution is -2.29. The quantitative estimate of drug-likeness (QED) is 0.632. The Bertz CT molecular complexity index is 133. The van der Waals surface area contributed by atoms with Gasteiger partial charge in [-0.25, -0.2) is 0 Å². The van der Waals surface area contributed by atoms with Gasteiger partial charge in [-0.1, -0.05) is 0 Å². The van der Waals surface area contributed by atoms with Gasteiger partial charge in [0.2, 0.25) is 0 Å². The monoisotopic (exact) mass is 200 g/mol. The summed E-state index contributed by atoms with van der Waals surface area (Å²) in [6.45, 7) is 6.23. The Labute approximate surface area is 87.4 Å². The van der Waals surface area contributed by atoms with Crippen LogP contribution in [-0.2, 0) is 4.74 Å². The number of rotatable bonds is 6. The van der Waals surface area contributed by atoms with E-state index in [0.717, 1.165) is 38.6 Å². The third-order valence-corrected chi connectivity index (χ3v) is 2.79. The highest BCUT2D eigenvalue weighted by molar-refractivity contribution is 4.66. The van der Waals surface area contributed by atoms with E-state index in [2.05, 4.69) is 12.2 Å². The molecular weight excluding hydrogens is 176 g/mol. The van der Waals surface area contributed by atoms with Crippen LogP contribution in [-0.4, -0.2) is 32.3 Å². The van der Waals surface area contributed by atoms with E-state index in [4.69, 9.17) is 10.5 Å². The Kier molecular flexibility index (Phi) is 6.15. The molecule has 0 aromatic rings. The van der Waals surface area contributed by atoms with Gasteiger partial charge in [0.25, 0.3) is 0 Å². The molecule has 0 aromatic carbocycles. The molecule has 1 aliphatic heterocycles. The largest absolute Gasteiger partial charge is 0.381 e. The van der Waals surface area contributed by atoms with Crippen molar-refractivity contribution >= 4 is 0 Å². The SMILES string of the molecule is CC(N)CCCNCC1CCOCC1. The van der Waals surface area contributed by atoms with Crippen LogP contribution in [0.15, 0.2) is 0 Å². The van der Waals surface area contributed by atoms with Gasteiger partial charge in [-0.05, 0) is 51.6 Å². The third kappa shape index (κ3) is 5.58. The van der Waals surface area contributed by atoms with Crippen LogP contribution in [0.5, 0.6) is 0 Å². The molecule has 1 unspecified atom stereocenters. The Morgan fingerprint density at radius 3 is 2.79 bits per heavy atom. The summed E-state index contributed by atoms with van der Waals surface area (Å²) in [5.41, 5.74) is 5.67. The van der Waals surface area contributed by atoms with Crippen molar-refractivity contribution in [1.82, 2.24) is 5.32 Å². The van der Waals surface area contributed by atoms with Gasteiger partial charge in [0.05, 0.1) is 0 Å². The first-order valence-electron chi connectivity index (χ1n) is 5.83. The van der Waals surface area contributed by atoms with E-state index in [-0.39, 0.29) is 0 Å². The van der Waals surface area contributed by atoms with Crippen LogP contribution < -0.4 is 11.1 Å². The molecule has 1 fully saturated rings. The molecule has 0 saturated carbocycles. The minimum atomic E-state index is 0.347. The van der Waals surface area contributed by atoms with E-state index in [1.807, 2.05) is 0 Å². The van der Waals surface area contributed by atoms with Crippen LogP contribution in [0.2, 0.25) is 0 Å². The first-order chi connectivity index (χ1) is 6.79. The summed E-state index contributed by atoms with van der Waals surface area (Å²) in [4.78, 5) is 0. The van der Waals surface area contributed by atoms with Crippen LogP contribution >= 0.6 is 0 Å². The van der Waals surface area contributed by atoms with Crippen molar-refractivity contribution < 1.29 is 4.74 Å². The second kappa shape index (κ2) is 7.21. The fourth-order valence-corrected chi connectivity index (χ4v) is 1.81. The minimum absolute atomic E-state index is 0.347. The molecule has 1 heterocycles. The molecule has 0 amide bonds. The molecule has 3 nitrogen and oxygen atoms in total. The van der Waals surface area contributed by atoms with Gasteiger partial charge in [0.15, 0.2) is 0 Å². The van der Waals surface area contributed by atoms with Crippen LogP contribution in [0.1, 0.15) is 32.6 Å². The van der Waals surface area contributed by atoms with Crippen molar-refractivity contribution in [2.24, 2.45) is 11.7 Å². The molecule has 14 heavy (non-hydrogen) atoms. The van der Waals surface area contributed by atoms with Gasteiger partial charge >= 0.3 is 0 Å². The van der Waals surface area contributed by atoms with Crippen molar-refractivity contribution in [3.05, 3.63) is 0 Å². The highest BCUT2D eigenvalue weighted by atomic mass is 16.5. The maximum absolute atomic E-state index is 5.67. The number of ether oxygens (including phenoxy) is 1. The Hall–Kier alpha value is -0.120. The van der Waals surface area contributed by atoms with E-state index in [1.54, 1.807) is 0 Å². The van der Waals surface area contributed by atoms with Crippen molar-refractivity contribution in [2.75, 3.05) is 26.3 Å². The predicted molar refractivity (Wildman–Crippen MR) is 59.3 cm³/mol. The number of hydrogen-bond donors (Lipinski definition) is 2. The van der Waals surface area contributed by atoms with Crippen molar-refractivity contribution in [3.8, 4) is 0 Å². The van der Waals surface area contributed by atoms with Crippen LogP contribution in [0.3, 0.4) is 0 Å². The highest BCUT2D eigenvalue weighted by Gasteiger charge is 2.12. The predicted octanol–water partition coefficient (Wildman–Crippen LogP) is 1.13. The maximum atomic E-state index is 5.67. The highest BCUT2D eigenvalue weighted by Crippen LogP contribution is 2.12. The van der Waals surface area contributed by atoms with E-state index in [1.165, 1.54) is 19.3 Å². The molecule has 0 spiro atoms. The van der Waals surface area contributed by atoms with E-state index >= 15 is 0 Å². The van der Waals surface area contributed by atoms with Gasteiger partial charge < -0.3 is 15.8 Å². The summed E-state index contributed by atoms with van der Waals surface area (Å²) >= 11 is 0. The molecule has 84 valence electrons. The van der Waals surface area contributed by atoms with Gasteiger partial charge in [-0.3, -0.25) is 0 Å². The van der Waals surface area contributed by atoms with E-state index in [0.29, 0.717) is 6.04 Å². The molecule has 1 atom stereocenters. The zero-order valence-electron chi connectivity index (χ0n) is 9.30. The molecule has 0 aromatic heterocycles. The lowest BCUT2D eigenvalue weighted by Gasteiger charge is -2.22. The molecule has 1 rings (SSSR count). The van der Waals surface area contributed by atoms with Gasteiger partial charge in [-0.15, -0.1) is 0 Å². The fraction of sp³-hybridized carbons (Fsp3) is 1.00. The summed E-state index contributed by atoms with van der Waals surface area (Å²) < 4.78 is 5.31. The smallest absolute Gasteiger partial charge is 0.0469 e. The molecule has 3 N–H and O–H groups in total. The molecule has 3 heteroatoms. The minimum Gasteiger partial charge on any atom is -0.381 e. The van der Waals surface area contributed by atoms with E-state index in [9.17, 15) is 0 Å². The fourth-order valence-electron chi connectivity index (χ4n) is 1.81. The lowest BCUT2D eigenvalue weighted by molar-refractivity contribution is 0.0663. The number of hydrogen-bond acceptors (Lipinski definition) is 3. The Morgan fingerprint density at radius 1 is 1.43 bits per heavy atom. The lowest BCUT2D eigenvalue weighted by atomic mass is 10.0. The van der Waals surface area contributed by atoms with Crippen LogP contribution in [0.4, 0.5) is 0 Å². The normalized spacial score (nSPS) is 21.0. The average molecular weight is 200 g/mol. The molecule has 0 aliphatic carbocycles. The number of nitrogens with one attached hydrogen (secondary N) is 1. The zero-order valence-corrected chi connectivity index (χ0v) is 9.30. The van der Waals surface area contributed by atoms with E-state index < -0.39 is 0 Å². The third-order valence-electron chi connectivity index (χ3n) is 2.79. The van der Waals surface area contributed by atoms with Gasteiger partial charge in [0, 0.05) is 19.3 Å². The molecule has 0 radical (unpaired) electrons. The average Bonchev–Trinajstić information content (AvgIpc) is 2.18. The first-order valence-corrected chi connectivity index (χ1v) is 5.83. The molecule has 0 bridgehead atoms. The summed E-state index contributed by atoms with van der Waals surface area (Å²) in [6, 6.07) is 0.347. The maximum Gasteiger partial charge on any atom is 0.0469 e. The summed E-state index contributed by atoms with van der Waals surface area (Å²) in [5.74, 6) is 0.832. The van der Waals surface area contributed by atoms with Gasteiger partial charge in [0.1, 0.15) is 0 Å². The molecule has 1 saturated heterocycles. The summed E-state index contributed by atoms with van der Waals surface area (Å²) in [6.07, 6.45) is 4.77. The van der Waals surface area contributed by atoms with Crippen LogP contribution in [0.25, 0.3) is 0 Å². The Morgan fingerprint density at radius 2 is 2.14 bits per heavy atom. The molecular formula is C11H24N2O. The van der Waals surface area contributed by atoms with Crippen LogP contribution in [0, 0.1) is 5.92 Å². The second-order valence-electron chi connectivity index (χ2n) is 4.38. The van der Waals surface area contributed by atoms with Crippen molar-refractivity contribution in [3.63, 3.8) is 0 Å². The Balaban J connectivity index is 1.87. The van der Waals surface area contributed by atoms with Crippen molar-refractivity contribution in [1.29, 1.82) is 0 Å². The standard InChI is InChI=1S/C11H24N2O/c1-10(12)3-2-6-13-9-11-4-7-14-8-5-11/h10-11,13H,2-9,12H2,1H3. The summed E-state index contributed by atoms with van der Waals surface area (Å²) in [7, 11) is 0.